The Kier molecular flexibility index (Phi) is 9.84. The minimum absolute atomic E-state index is 0. The van der Waals surface area contributed by atoms with Gasteiger partial charge in [0.15, 0.2) is 5.96 Å². The van der Waals surface area contributed by atoms with Gasteiger partial charge < -0.3 is 20.0 Å². The third kappa shape index (κ3) is 6.84. The maximum Gasteiger partial charge on any atom is 0.193 e. The molecular weight excluding hydrogens is 487 g/mol. The third-order valence-corrected chi connectivity index (χ3v) is 5.51. The number of nitrogens with zero attached hydrogens (tertiary/aromatic N) is 5. The molecule has 30 heavy (non-hydrogen) atoms. The first-order chi connectivity index (χ1) is 14.1. The van der Waals surface area contributed by atoms with Gasteiger partial charge in [0.25, 0.3) is 0 Å². The highest BCUT2D eigenvalue weighted by atomic mass is 127. The quantitative estimate of drug-likeness (QED) is 0.359. The van der Waals surface area contributed by atoms with Crippen molar-refractivity contribution in [1.29, 1.82) is 0 Å². The first-order valence-electron chi connectivity index (χ1n) is 10.5. The first kappa shape index (κ1) is 24.4. The van der Waals surface area contributed by atoms with Crippen LogP contribution in [0.5, 0.6) is 0 Å². The molecule has 0 saturated carbocycles. The Morgan fingerprint density at radius 3 is 2.37 bits per heavy atom. The van der Waals surface area contributed by atoms with Gasteiger partial charge in [-0.25, -0.2) is 4.98 Å². The van der Waals surface area contributed by atoms with E-state index < -0.39 is 0 Å². The largest absolute Gasteiger partial charge is 0.354 e. The lowest BCUT2D eigenvalue weighted by Crippen LogP contribution is -2.44. The third-order valence-electron chi connectivity index (χ3n) is 5.51. The minimum Gasteiger partial charge on any atom is -0.354 e. The maximum atomic E-state index is 4.58. The molecule has 1 aliphatic heterocycles. The predicted octanol–water partition coefficient (Wildman–Crippen LogP) is 3.22. The molecule has 0 radical (unpaired) electrons. The summed E-state index contributed by atoms with van der Waals surface area (Å²) < 4.78 is 0. The van der Waals surface area contributed by atoms with Gasteiger partial charge in [-0.3, -0.25) is 4.99 Å². The lowest BCUT2D eigenvalue weighted by Gasteiger charge is -2.33. The van der Waals surface area contributed by atoms with Crippen molar-refractivity contribution in [3.63, 3.8) is 0 Å². The number of rotatable bonds is 6. The van der Waals surface area contributed by atoms with Crippen molar-refractivity contribution in [2.24, 2.45) is 4.99 Å². The van der Waals surface area contributed by atoms with E-state index in [-0.39, 0.29) is 24.0 Å². The number of guanidine groups is 1. The van der Waals surface area contributed by atoms with Crippen LogP contribution in [0.2, 0.25) is 0 Å². The molecule has 2 heterocycles. The van der Waals surface area contributed by atoms with Gasteiger partial charge >= 0.3 is 0 Å². The summed E-state index contributed by atoms with van der Waals surface area (Å²) in [5.74, 6) is 1.96. The molecule has 1 fully saturated rings. The minimum atomic E-state index is 0. The fourth-order valence-corrected chi connectivity index (χ4v) is 3.57. The second kappa shape index (κ2) is 12.1. The highest BCUT2D eigenvalue weighted by Crippen LogP contribution is 2.15. The Bertz CT molecular complexity index is 800. The molecule has 164 valence electrons. The zero-order valence-corrected chi connectivity index (χ0v) is 21.0. The smallest absolute Gasteiger partial charge is 0.193 e. The number of anilines is 1. The van der Waals surface area contributed by atoms with E-state index >= 15 is 0 Å². The van der Waals surface area contributed by atoms with E-state index in [0.717, 1.165) is 57.5 Å². The number of halogens is 1. The zero-order chi connectivity index (χ0) is 20.6. The van der Waals surface area contributed by atoms with Crippen molar-refractivity contribution in [1.82, 2.24) is 20.1 Å². The molecule has 3 rings (SSSR count). The van der Waals surface area contributed by atoms with Crippen molar-refractivity contribution < 1.29 is 0 Å². The number of aryl methyl sites for hydroxylation is 1. The normalized spacial score (nSPS) is 14.9. The van der Waals surface area contributed by atoms with Crippen LogP contribution in [0.3, 0.4) is 0 Å². The van der Waals surface area contributed by atoms with E-state index in [1.165, 1.54) is 16.7 Å². The standard InChI is InChI=1S/C23H34N6.HI/c1-5-19-6-8-20(9-7-19)18-28(4)23(24-2)26-17-21-10-11-25-22(16-21)29-14-12-27(3)13-15-29;/h6-11,16H,5,12-15,17-18H2,1-4H3,(H,24,26);1H. The summed E-state index contributed by atoms with van der Waals surface area (Å²) in [5.41, 5.74) is 3.87. The van der Waals surface area contributed by atoms with Crippen molar-refractivity contribution in [3.05, 3.63) is 59.3 Å². The first-order valence-corrected chi connectivity index (χ1v) is 10.5. The summed E-state index contributed by atoms with van der Waals surface area (Å²) in [7, 11) is 6.08. The summed E-state index contributed by atoms with van der Waals surface area (Å²) >= 11 is 0. The molecule has 0 aliphatic carbocycles. The number of pyridine rings is 1. The summed E-state index contributed by atoms with van der Waals surface area (Å²) in [6.45, 7) is 7.97. The maximum absolute atomic E-state index is 4.58. The number of hydrogen-bond donors (Lipinski definition) is 1. The lowest BCUT2D eigenvalue weighted by atomic mass is 10.1. The van der Waals surface area contributed by atoms with E-state index in [0.29, 0.717) is 0 Å². The van der Waals surface area contributed by atoms with Crippen molar-refractivity contribution in [2.45, 2.75) is 26.4 Å². The summed E-state index contributed by atoms with van der Waals surface area (Å²) in [6, 6.07) is 13.1. The number of aromatic nitrogens is 1. The summed E-state index contributed by atoms with van der Waals surface area (Å²) in [5, 5.41) is 3.49. The number of aliphatic imine (C=N–C) groups is 1. The van der Waals surface area contributed by atoms with Crippen LogP contribution in [0.15, 0.2) is 47.6 Å². The Hall–Kier alpha value is -1.87. The predicted molar refractivity (Wildman–Crippen MR) is 137 cm³/mol. The Labute approximate surface area is 198 Å². The van der Waals surface area contributed by atoms with Gasteiger partial charge in [-0.15, -0.1) is 24.0 Å². The van der Waals surface area contributed by atoms with Gasteiger partial charge in [0.05, 0.1) is 0 Å². The molecule has 0 unspecified atom stereocenters. The van der Waals surface area contributed by atoms with Crippen LogP contribution in [0.1, 0.15) is 23.6 Å². The molecule has 0 atom stereocenters. The van der Waals surface area contributed by atoms with E-state index in [1.807, 2.05) is 13.2 Å². The molecule has 1 N–H and O–H groups in total. The van der Waals surface area contributed by atoms with Crippen molar-refractivity contribution in [3.8, 4) is 0 Å². The number of benzene rings is 1. The van der Waals surface area contributed by atoms with Crippen LogP contribution in [0.25, 0.3) is 0 Å². The van der Waals surface area contributed by atoms with Crippen molar-refractivity contribution in [2.75, 3.05) is 52.2 Å². The van der Waals surface area contributed by atoms with E-state index in [9.17, 15) is 0 Å². The highest BCUT2D eigenvalue weighted by Gasteiger charge is 2.15. The molecule has 0 bridgehead atoms. The van der Waals surface area contributed by atoms with Gasteiger partial charge in [0, 0.05) is 59.6 Å². The molecule has 0 spiro atoms. The van der Waals surface area contributed by atoms with Gasteiger partial charge in [-0.1, -0.05) is 31.2 Å². The van der Waals surface area contributed by atoms with Gasteiger partial charge in [-0.05, 0) is 42.3 Å². The van der Waals surface area contributed by atoms with Crippen LogP contribution in [0, 0.1) is 0 Å². The average molecular weight is 522 g/mol. The number of nitrogens with one attached hydrogen (secondary N) is 1. The number of hydrogen-bond acceptors (Lipinski definition) is 4. The fourth-order valence-electron chi connectivity index (χ4n) is 3.57. The van der Waals surface area contributed by atoms with Gasteiger partial charge in [0.1, 0.15) is 5.82 Å². The van der Waals surface area contributed by atoms with Crippen LogP contribution in [0.4, 0.5) is 5.82 Å². The molecule has 0 amide bonds. The molecule has 1 aromatic heterocycles. The van der Waals surface area contributed by atoms with Crippen LogP contribution in [-0.2, 0) is 19.5 Å². The topological polar surface area (TPSA) is 47.0 Å². The molecule has 1 aromatic carbocycles. The SMILES string of the molecule is CCc1ccc(CN(C)C(=NC)NCc2ccnc(N3CCN(C)CC3)c2)cc1.I. The second-order valence-electron chi connectivity index (χ2n) is 7.74. The highest BCUT2D eigenvalue weighted by molar-refractivity contribution is 14.0. The molecule has 1 saturated heterocycles. The molecule has 2 aromatic rings. The Balaban J connectivity index is 0.00000320. The van der Waals surface area contributed by atoms with Gasteiger partial charge in [-0.2, -0.15) is 0 Å². The summed E-state index contributed by atoms with van der Waals surface area (Å²) in [4.78, 5) is 15.9. The molecule has 6 nitrogen and oxygen atoms in total. The summed E-state index contributed by atoms with van der Waals surface area (Å²) in [6.07, 6.45) is 2.98. The second-order valence-corrected chi connectivity index (χ2v) is 7.74. The number of likely N-dealkylation sites (N-methyl/N-ethyl adjacent to an activating group) is 1. The molecule has 1 aliphatic rings. The average Bonchev–Trinajstić information content (AvgIpc) is 2.75. The van der Waals surface area contributed by atoms with E-state index in [4.69, 9.17) is 0 Å². The van der Waals surface area contributed by atoms with E-state index in [2.05, 4.69) is 87.4 Å². The zero-order valence-electron chi connectivity index (χ0n) is 18.6. The van der Waals surface area contributed by atoms with Crippen LogP contribution < -0.4 is 10.2 Å². The molecular formula is C23H35IN6. The molecule has 7 heteroatoms. The van der Waals surface area contributed by atoms with E-state index in [1.54, 1.807) is 0 Å². The van der Waals surface area contributed by atoms with Crippen molar-refractivity contribution >= 4 is 35.8 Å². The van der Waals surface area contributed by atoms with Gasteiger partial charge in [0.2, 0.25) is 0 Å². The monoisotopic (exact) mass is 522 g/mol. The Morgan fingerprint density at radius 1 is 1.07 bits per heavy atom. The Morgan fingerprint density at radius 2 is 1.73 bits per heavy atom. The van der Waals surface area contributed by atoms with Crippen LogP contribution in [-0.4, -0.2) is 68.1 Å². The lowest BCUT2D eigenvalue weighted by molar-refractivity contribution is 0.312. The fraction of sp³-hybridized carbons (Fsp3) is 0.478. The number of piperazine rings is 1. The van der Waals surface area contributed by atoms with Crippen LogP contribution >= 0.6 is 24.0 Å².